The van der Waals surface area contributed by atoms with Crippen molar-refractivity contribution in [2.45, 2.75) is 63.8 Å². The largest absolute Gasteiger partial charge is 0.468 e. The van der Waals surface area contributed by atoms with Crippen molar-refractivity contribution in [3.8, 4) is 0 Å². The van der Waals surface area contributed by atoms with Gasteiger partial charge >= 0.3 is 5.97 Å². The molecule has 0 spiro atoms. The van der Waals surface area contributed by atoms with Crippen molar-refractivity contribution in [2.24, 2.45) is 5.92 Å². The van der Waals surface area contributed by atoms with E-state index >= 15 is 0 Å². The van der Waals surface area contributed by atoms with Gasteiger partial charge in [0.2, 0.25) is 0 Å². The van der Waals surface area contributed by atoms with Gasteiger partial charge in [0.15, 0.2) is 0 Å². The minimum absolute atomic E-state index is 0.120. The number of rotatable bonds is 10. The molecule has 4 heteroatoms. The molecule has 0 heterocycles. The zero-order valence-electron chi connectivity index (χ0n) is 13.4. The van der Waals surface area contributed by atoms with E-state index in [1.165, 1.54) is 26.4 Å². The Balaban J connectivity index is 2.29. The first kappa shape index (κ1) is 17.4. The van der Waals surface area contributed by atoms with E-state index in [-0.39, 0.29) is 5.97 Å². The van der Waals surface area contributed by atoms with Crippen molar-refractivity contribution >= 4 is 5.97 Å². The monoisotopic (exact) mass is 285 g/mol. The summed E-state index contributed by atoms with van der Waals surface area (Å²) in [5.41, 5.74) is -0.486. The third-order valence-electron chi connectivity index (χ3n) is 4.57. The molecular formula is C16H31NO3. The molecule has 2 unspecified atom stereocenters. The summed E-state index contributed by atoms with van der Waals surface area (Å²) < 4.78 is 10.7. The maximum Gasteiger partial charge on any atom is 0.326 e. The molecule has 1 rings (SSSR count). The quantitative estimate of drug-likeness (QED) is 0.495. The minimum Gasteiger partial charge on any atom is -0.468 e. The second-order valence-electron chi connectivity index (χ2n) is 5.76. The fourth-order valence-electron chi connectivity index (χ4n) is 3.31. The Labute approximate surface area is 123 Å². The van der Waals surface area contributed by atoms with Crippen molar-refractivity contribution < 1.29 is 14.3 Å². The minimum atomic E-state index is -0.486. The SMILES string of the molecule is CCCCCCOCCC1CCCC1(NC)C(=O)OC. The summed E-state index contributed by atoms with van der Waals surface area (Å²) in [6, 6.07) is 0. The number of likely N-dealkylation sites (N-methyl/N-ethyl adjacent to an activating group) is 1. The molecule has 1 aliphatic carbocycles. The van der Waals surface area contributed by atoms with Crippen LogP contribution in [-0.4, -0.2) is 38.9 Å². The van der Waals surface area contributed by atoms with Crippen LogP contribution in [0.5, 0.6) is 0 Å². The van der Waals surface area contributed by atoms with Gasteiger partial charge in [-0.25, -0.2) is 0 Å². The highest BCUT2D eigenvalue weighted by atomic mass is 16.5. The van der Waals surface area contributed by atoms with Crippen LogP contribution >= 0.6 is 0 Å². The number of ether oxygens (including phenoxy) is 2. The van der Waals surface area contributed by atoms with E-state index in [0.717, 1.165) is 45.3 Å². The van der Waals surface area contributed by atoms with Crippen LogP contribution in [0.15, 0.2) is 0 Å². The summed E-state index contributed by atoms with van der Waals surface area (Å²) in [4.78, 5) is 12.1. The number of methoxy groups -OCH3 is 1. The van der Waals surface area contributed by atoms with Crippen LogP contribution in [0.3, 0.4) is 0 Å². The Hall–Kier alpha value is -0.610. The topological polar surface area (TPSA) is 47.6 Å². The molecule has 0 aromatic carbocycles. The summed E-state index contributed by atoms with van der Waals surface area (Å²) in [6.45, 7) is 3.81. The highest BCUT2D eigenvalue weighted by molar-refractivity contribution is 5.81. The van der Waals surface area contributed by atoms with Crippen molar-refractivity contribution in [2.75, 3.05) is 27.4 Å². The van der Waals surface area contributed by atoms with Gasteiger partial charge in [-0.15, -0.1) is 0 Å². The summed E-state index contributed by atoms with van der Waals surface area (Å²) in [7, 11) is 3.34. The van der Waals surface area contributed by atoms with E-state index in [2.05, 4.69) is 12.2 Å². The molecule has 20 heavy (non-hydrogen) atoms. The molecule has 0 aliphatic heterocycles. The van der Waals surface area contributed by atoms with Crippen molar-refractivity contribution in [1.82, 2.24) is 5.32 Å². The first-order valence-electron chi connectivity index (χ1n) is 8.06. The third kappa shape index (κ3) is 4.45. The Kier molecular flexibility index (Phi) is 8.15. The van der Waals surface area contributed by atoms with Gasteiger partial charge in [-0.2, -0.15) is 0 Å². The van der Waals surface area contributed by atoms with Crippen LogP contribution in [-0.2, 0) is 14.3 Å². The Morgan fingerprint density at radius 2 is 2.10 bits per heavy atom. The lowest BCUT2D eigenvalue weighted by molar-refractivity contribution is -0.150. The lowest BCUT2D eigenvalue weighted by atomic mass is 9.85. The van der Waals surface area contributed by atoms with Crippen LogP contribution in [0, 0.1) is 5.92 Å². The van der Waals surface area contributed by atoms with Gasteiger partial charge in [0, 0.05) is 13.2 Å². The second kappa shape index (κ2) is 9.35. The lowest BCUT2D eigenvalue weighted by Gasteiger charge is -2.32. The van der Waals surface area contributed by atoms with E-state index in [1.807, 2.05) is 7.05 Å². The van der Waals surface area contributed by atoms with E-state index in [1.54, 1.807) is 0 Å². The average Bonchev–Trinajstić information content (AvgIpc) is 2.89. The number of nitrogens with one attached hydrogen (secondary N) is 1. The molecule has 0 amide bonds. The molecule has 118 valence electrons. The predicted molar refractivity (Wildman–Crippen MR) is 80.7 cm³/mol. The molecule has 2 atom stereocenters. The first-order valence-corrected chi connectivity index (χ1v) is 8.06. The summed E-state index contributed by atoms with van der Waals surface area (Å²) in [5.74, 6) is 0.209. The Morgan fingerprint density at radius 3 is 2.75 bits per heavy atom. The normalized spacial score (nSPS) is 25.9. The molecule has 1 N–H and O–H groups in total. The Bertz CT molecular complexity index is 283. The van der Waals surface area contributed by atoms with Gasteiger partial charge in [-0.05, 0) is 38.6 Å². The molecular weight excluding hydrogens is 254 g/mol. The number of carbonyl (C=O) groups excluding carboxylic acids is 1. The average molecular weight is 285 g/mol. The van der Waals surface area contributed by atoms with Gasteiger partial charge in [0.05, 0.1) is 7.11 Å². The van der Waals surface area contributed by atoms with Gasteiger partial charge in [0.1, 0.15) is 5.54 Å². The lowest BCUT2D eigenvalue weighted by Crippen LogP contribution is -2.54. The zero-order valence-corrected chi connectivity index (χ0v) is 13.4. The van der Waals surface area contributed by atoms with E-state index in [4.69, 9.17) is 9.47 Å². The predicted octanol–water partition coefficient (Wildman–Crippen LogP) is 2.90. The fraction of sp³-hybridized carbons (Fsp3) is 0.938. The van der Waals surface area contributed by atoms with E-state index in [9.17, 15) is 4.79 Å². The molecule has 0 bridgehead atoms. The number of hydrogen-bond donors (Lipinski definition) is 1. The van der Waals surface area contributed by atoms with Crippen LogP contribution in [0.1, 0.15) is 58.3 Å². The number of hydrogen-bond acceptors (Lipinski definition) is 4. The summed E-state index contributed by atoms with van der Waals surface area (Å²) in [5, 5.41) is 3.22. The van der Waals surface area contributed by atoms with Crippen molar-refractivity contribution in [3.05, 3.63) is 0 Å². The summed E-state index contributed by atoms with van der Waals surface area (Å²) >= 11 is 0. The van der Waals surface area contributed by atoms with Crippen LogP contribution < -0.4 is 5.32 Å². The smallest absolute Gasteiger partial charge is 0.326 e. The number of carbonyl (C=O) groups is 1. The molecule has 4 nitrogen and oxygen atoms in total. The molecule has 0 aromatic heterocycles. The van der Waals surface area contributed by atoms with Crippen LogP contribution in [0.4, 0.5) is 0 Å². The van der Waals surface area contributed by atoms with Crippen molar-refractivity contribution in [1.29, 1.82) is 0 Å². The van der Waals surface area contributed by atoms with E-state index < -0.39 is 5.54 Å². The Morgan fingerprint density at radius 1 is 1.30 bits per heavy atom. The third-order valence-corrected chi connectivity index (χ3v) is 4.57. The fourth-order valence-corrected chi connectivity index (χ4v) is 3.31. The molecule has 1 aliphatic rings. The molecule has 0 saturated heterocycles. The summed E-state index contributed by atoms with van der Waals surface area (Å²) in [6.07, 6.45) is 8.91. The number of esters is 1. The van der Waals surface area contributed by atoms with Crippen LogP contribution in [0.25, 0.3) is 0 Å². The first-order chi connectivity index (χ1) is 9.71. The van der Waals surface area contributed by atoms with Gasteiger partial charge in [0.25, 0.3) is 0 Å². The van der Waals surface area contributed by atoms with Crippen molar-refractivity contribution in [3.63, 3.8) is 0 Å². The highest BCUT2D eigenvalue weighted by Gasteiger charge is 2.48. The van der Waals surface area contributed by atoms with Crippen LogP contribution in [0.2, 0.25) is 0 Å². The zero-order chi connectivity index (χ0) is 14.8. The van der Waals surface area contributed by atoms with Gasteiger partial charge < -0.3 is 14.8 Å². The maximum absolute atomic E-state index is 12.1. The maximum atomic E-state index is 12.1. The van der Waals surface area contributed by atoms with Gasteiger partial charge in [-0.1, -0.05) is 32.6 Å². The molecule has 0 aromatic rings. The number of unbranched alkanes of at least 4 members (excludes halogenated alkanes) is 3. The molecule has 1 fully saturated rings. The highest BCUT2D eigenvalue weighted by Crippen LogP contribution is 2.38. The molecule has 0 radical (unpaired) electrons. The molecule has 1 saturated carbocycles. The second-order valence-corrected chi connectivity index (χ2v) is 5.76. The van der Waals surface area contributed by atoms with Gasteiger partial charge in [-0.3, -0.25) is 4.79 Å². The van der Waals surface area contributed by atoms with E-state index in [0.29, 0.717) is 5.92 Å². The standard InChI is InChI=1S/C16H31NO3/c1-4-5-6-7-12-20-13-10-14-9-8-11-16(14,17-2)15(18)19-3/h14,17H,4-13H2,1-3H3.